The summed E-state index contributed by atoms with van der Waals surface area (Å²) in [4.78, 5) is 21.4. The Hall–Kier alpha value is -8.52. The van der Waals surface area contributed by atoms with E-state index in [9.17, 15) is 0 Å². The Morgan fingerprint density at radius 2 is 0.831 bits per heavy atom. The molecule has 4 heterocycles. The van der Waals surface area contributed by atoms with Gasteiger partial charge in [0.25, 0.3) is 0 Å². The van der Waals surface area contributed by atoms with E-state index in [1.807, 2.05) is 12.1 Å². The van der Waals surface area contributed by atoms with Crippen molar-refractivity contribution >= 4 is 65.2 Å². The van der Waals surface area contributed by atoms with Gasteiger partial charge in [-0.3, -0.25) is 4.57 Å². The van der Waals surface area contributed by atoms with Crippen LogP contribution in [0.2, 0.25) is 0 Å². The number of hydrogen-bond acceptors (Lipinski definition) is 5. The van der Waals surface area contributed by atoms with Gasteiger partial charge in [-0.25, -0.2) is 9.97 Å². The van der Waals surface area contributed by atoms with Crippen LogP contribution < -0.4 is 0 Å². The highest BCUT2D eigenvalue weighted by molar-refractivity contribution is 7.21. The lowest BCUT2D eigenvalue weighted by Crippen LogP contribution is -2.07. The number of rotatable bonds is 7. The lowest BCUT2D eigenvalue weighted by atomic mass is 10.0. The number of fused-ring (bicyclic) bond motifs is 8. The molecule has 0 saturated heterocycles. The van der Waals surface area contributed by atoms with Crippen LogP contribution in [-0.4, -0.2) is 29.1 Å². The molecule has 13 aromatic rings. The highest BCUT2D eigenvalue weighted by Gasteiger charge is 2.25. The maximum Gasteiger partial charge on any atom is 0.238 e. The zero-order chi connectivity index (χ0) is 42.8. The summed E-state index contributed by atoms with van der Waals surface area (Å²) < 4.78 is 5.85. The van der Waals surface area contributed by atoms with Crippen molar-refractivity contribution in [2.45, 2.75) is 0 Å². The Kier molecular flexibility index (Phi) is 8.60. The van der Waals surface area contributed by atoms with E-state index >= 15 is 0 Å². The largest absolute Gasteiger partial charge is 0.306 e. The molecule has 0 amide bonds. The Morgan fingerprint density at radius 1 is 0.338 bits per heavy atom. The van der Waals surface area contributed by atoms with Gasteiger partial charge in [-0.05, 0) is 70.8 Å². The van der Waals surface area contributed by atoms with E-state index in [0.717, 1.165) is 103 Å². The van der Waals surface area contributed by atoms with Crippen LogP contribution in [0.15, 0.2) is 218 Å². The third kappa shape index (κ3) is 6.16. The fraction of sp³-hybridized carbons (Fsp3) is 0. The second-order valence-corrected chi connectivity index (χ2v) is 17.3. The smallest absolute Gasteiger partial charge is 0.238 e. The van der Waals surface area contributed by atoms with Crippen LogP contribution in [-0.2, 0) is 0 Å². The molecule has 0 saturated carbocycles. The predicted octanol–water partition coefficient (Wildman–Crippen LogP) is 15.0. The topological polar surface area (TPSA) is 61.4 Å². The monoisotopic (exact) mass is 848 g/mol. The maximum absolute atomic E-state index is 5.46. The van der Waals surface area contributed by atoms with Crippen LogP contribution in [0.25, 0.3) is 121 Å². The van der Waals surface area contributed by atoms with Crippen molar-refractivity contribution in [3.8, 4) is 67.2 Å². The molecule has 13 rings (SSSR count). The predicted molar refractivity (Wildman–Crippen MR) is 269 cm³/mol. The summed E-state index contributed by atoms with van der Waals surface area (Å²) >= 11 is 1.72. The molecule has 0 unspecified atom stereocenters. The number of para-hydroxylation sites is 4. The Labute approximate surface area is 378 Å². The van der Waals surface area contributed by atoms with Crippen LogP contribution in [0.3, 0.4) is 0 Å². The van der Waals surface area contributed by atoms with E-state index < -0.39 is 0 Å². The molecule has 6 nitrogen and oxygen atoms in total. The van der Waals surface area contributed by atoms with Gasteiger partial charge in [0.2, 0.25) is 5.95 Å². The summed E-state index contributed by atoms with van der Waals surface area (Å²) in [5, 5.41) is 5.49. The fourth-order valence-electron chi connectivity index (χ4n) is 9.46. The first-order chi connectivity index (χ1) is 32.2. The molecule has 65 heavy (non-hydrogen) atoms. The van der Waals surface area contributed by atoms with Crippen LogP contribution >= 0.6 is 11.3 Å². The molecular formula is C58H36N6S. The molecular weight excluding hydrogens is 813 g/mol. The van der Waals surface area contributed by atoms with Gasteiger partial charge in [0.15, 0.2) is 11.6 Å². The molecule has 7 heteroatoms. The minimum absolute atomic E-state index is 0.537. The number of thiazole rings is 1. The van der Waals surface area contributed by atoms with Crippen LogP contribution in [0, 0.1) is 0 Å². The van der Waals surface area contributed by atoms with Crippen molar-refractivity contribution in [1.29, 1.82) is 0 Å². The molecule has 0 atom stereocenters. The van der Waals surface area contributed by atoms with Crippen molar-refractivity contribution in [3.05, 3.63) is 218 Å². The summed E-state index contributed by atoms with van der Waals surface area (Å²) in [6, 6.07) is 76.8. The number of nitrogens with zero attached hydrogens (tertiary/aromatic N) is 6. The maximum atomic E-state index is 5.46. The summed E-state index contributed by atoms with van der Waals surface area (Å²) in [6.45, 7) is 0. The van der Waals surface area contributed by atoms with Gasteiger partial charge in [0.1, 0.15) is 5.01 Å². The first-order valence-electron chi connectivity index (χ1n) is 21.7. The Balaban J connectivity index is 1.13. The minimum atomic E-state index is 0.537. The van der Waals surface area contributed by atoms with E-state index in [0.29, 0.717) is 17.6 Å². The van der Waals surface area contributed by atoms with Gasteiger partial charge in [-0.1, -0.05) is 170 Å². The van der Waals surface area contributed by atoms with Crippen molar-refractivity contribution < 1.29 is 0 Å². The van der Waals surface area contributed by atoms with Crippen LogP contribution in [0.1, 0.15) is 0 Å². The van der Waals surface area contributed by atoms with Gasteiger partial charge < -0.3 is 4.57 Å². The molecule has 304 valence electrons. The van der Waals surface area contributed by atoms with E-state index in [1.54, 1.807) is 11.3 Å². The van der Waals surface area contributed by atoms with Gasteiger partial charge in [0.05, 0.1) is 38.0 Å². The lowest BCUT2D eigenvalue weighted by molar-refractivity contribution is 0.953. The van der Waals surface area contributed by atoms with E-state index in [4.69, 9.17) is 19.9 Å². The summed E-state index contributed by atoms with van der Waals surface area (Å²) in [5.74, 6) is 1.72. The van der Waals surface area contributed by atoms with Crippen LogP contribution in [0.5, 0.6) is 0 Å². The molecule has 0 spiro atoms. The van der Waals surface area contributed by atoms with Gasteiger partial charge in [-0.2, -0.15) is 9.97 Å². The summed E-state index contributed by atoms with van der Waals surface area (Å²) in [6.07, 6.45) is 0. The highest BCUT2D eigenvalue weighted by Crippen LogP contribution is 2.44. The fourth-order valence-corrected chi connectivity index (χ4v) is 10.5. The van der Waals surface area contributed by atoms with Gasteiger partial charge in [-0.15, -0.1) is 11.3 Å². The lowest BCUT2D eigenvalue weighted by Gasteiger charge is -2.15. The Bertz CT molecular complexity index is 3820. The van der Waals surface area contributed by atoms with Crippen LogP contribution in [0.4, 0.5) is 0 Å². The van der Waals surface area contributed by atoms with E-state index in [2.05, 4.69) is 215 Å². The average Bonchev–Trinajstić information content (AvgIpc) is 4.07. The molecule has 0 fully saturated rings. The second-order valence-electron chi connectivity index (χ2n) is 16.2. The molecule has 0 aliphatic heterocycles. The standard InChI is InChI=1S/C58H36N6S/c1-3-17-37(18-4-1)39-21-15-23-41(35-39)55-60-56(42-24-16-22-40(36-42)38-19-5-2-6-20-38)62-58(61-55)64-50-30-12-8-26-44(50)46-34-33-45-43-25-7-11-29-49(43)63(53(45)54(46)64)51-31-13-9-27-47(51)57-59-48-28-10-14-32-52(48)65-57/h1-36H. The minimum Gasteiger partial charge on any atom is -0.306 e. The zero-order valence-corrected chi connectivity index (χ0v) is 35.7. The number of aromatic nitrogens is 6. The molecule has 4 aromatic heterocycles. The molecule has 0 bridgehead atoms. The number of hydrogen-bond donors (Lipinski definition) is 0. The third-order valence-corrected chi connectivity index (χ3v) is 13.5. The first-order valence-corrected chi connectivity index (χ1v) is 22.5. The Morgan fingerprint density at radius 3 is 1.46 bits per heavy atom. The molecule has 0 N–H and O–H groups in total. The molecule has 0 radical (unpaired) electrons. The van der Waals surface area contributed by atoms with Gasteiger partial charge >= 0.3 is 0 Å². The highest BCUT2D eigenvalue weighted by atomic mass is 32.1. The summed E-state index contributed by atoms with van der Waals surface area (Å²) in [7, 11) is 0. The van der Waals surface area contributed by atoms with E-state index in [1.165, 1.54) is 0 Å². The normalized spacial score (nSPS) is 11.7. The average molecular weight is 849 g/mol. The number of benzene rings is 9. The second kappa shape index (κ2) is 15.1. The SMILES string of the molecule is c1ccc(-c2cccc(-c3nc(-c4cccc(-c5ccccc5)c4)nc(-n4c5ccccc5c5ccc6c7ccccc7n(-c7ccccc7-c7nc8ccccc8s7)c6c54)n3)c2)cc1. The van der Waals surface area contributed by atoms with Crippen molar-refractivity contribution in [3.63, 3.8) is 0 Å². The first kappa shape index (κ1) is 37.1. The van der Waals surface area contributed by atoms with E-state index in [-0.39, 0.29) is 0 Å². The van der Waals surface area contributed by atoms with Crippen molar-refractivity contribution in [1.82, 2.24) is 29.1 Å². The van der Waals surface area contributed by atoms with Crippen molar-refractivity contribution in [2.24, 2.45) is 0 Å². The molecule has 9 aromatic carbocycles. The van der Waals surface area contributed by atoms with Crippen molar-refractivity contribution in [2.75, 3.05) is 0 Å². The molecule has 0 aliphatic carbocycles. The quantitative estimate of drug-likeness (QED) is 0.160. The summed E-state index contributed by atoms with van der Waals surface area (Å²) in [5.41, 5.74) is 13.5. The third-order valence-electron chi connectivity index (χ3n) is 12.4. The molecule has 0 aliphatic rings. The zero-order valence-electron chi connectivity index (χ0n) is 34.9. The van der Waals surface area contributed by atoms with Gasteiger partial charge in [0, 0.05) is 38.2 Å².